The normalized spacial score (nSPS) is 29.2. The second kappa shape index (κ2) is 6.33. The van der Waals surface area contributed by atoms with Crippen molar-refractivity contribution in [2.75, 3.05) is 13.2 Å². The molecule has 0 bridgehead atoms. The van der Waals surface area contributed by atoms with E-state index in [0.717, 1.165) is 12.8 Å². The number of unbranched alkanes of at least 4 members (excludes halogenated alkanes) is 1. The Morgan fingerprint density at radius 3 is 3.05 bits per heavy atom. The number of aromatic nitrogens is 2. The Kier molecular flexibility index (Phi) is 4.44. The van der Waals surface area contributed by atoms with Crippen LogP contribution < -0.4 is 10.3 Å². The SMILES string of the molecule is CCCCOCc1cn2c(nc1=O)O[C@H]1[C@H](O)[C@@H](CO)O[C@H]12. The molecule has 8 heteroatoms. The highest BCUT2D eigenvalue weighted by molar-refractivity contribution is 5.16. The molecule has 1 aromatic rings. The summed E-state index contributed by atoms with van der Waals surface area (Å²) in [7, 11) is 0. The fourth-order valence-corrected chi connectivity index (χ4v) is 2.63. The van der Waals surface area contributed by atoms with E-state index in [9.17, 15) is 9.90 Å². The minimum absolute atomic E-state index is 0.118. The molecule has 4 atom stereocenters. The van der Waals surface area contributed by atoms with Crippen LogP contribution in [0.1, 0.15) is 31.6 Å². The smallest absolute Gasteiger partial charge is 0.302 e. The Morgan fingerprint density at radius 2 is 2.32 bits per heavy atom. The first-order valence-electron chi connectivity index (χ1n) is 7.46. The molecule has 3 heterocycles. The standard InChI is InChI=1S/C14H20N2O6/c1-2-3-4-20-7-8-5-16-13-11(10(18)9(6-17)21-13)22-14(16)15-12(8)19/h5,9-11,13,17-18H,2-4,6-7H2,1H3/t9-,10-,11+,13-/m1/s1. The van der Waals surface area contributed by atoms with Gasteiger partial charge >= 0.3 is 6.01 Å². The first kappa shape index (κ1) is 15.4. The van der Waals surface area contributed by atoms with Crippen LogP contribution in [0.25, 0.3) is 0 Å². The van der Waals surface area contributed by atoms with Gasteiger partial charge < -0.3 is 24.4 Å². The Bertz CT molecular complexity index is 589. The van der Waals surface area contributed by atoms with Crippen LogP contribution in [0.3, 0.4) is 0 Å². The van der Waals surface area contributed by atoms with Gasteiger partial charge in [-0.3, -0.25) is 9.36 Å². The number of ether oxygens (including phenoxy) is 3. The van der Waals surface area contributed by atoms with E-state index in [1.54, 1.807) is 10.8 Å². The number of aliphatic hydroxyl groups is 2. The summed E-state index contributed by atoms with van der Waals surface area (Å²) >= 11 is 0. The van der Waals surface area contributed by atoms with Crippen molar-refractivity contribution in [1.29, 1.82) is 0 Å². The Hall–Kier alpha value is -1.48. The summed E-state index contributed by atoms with van der Waals surface area (Å²) < 4.78 is 18.1. The van der Waals surface area contributed by atoms with Gasteiger partial charge in [0.05, 0.1) is 18.8 Å². The number of hydrogen-bond acceptors (Lipinski definition) is 7. The molecule has 0 aliphatic carbocycles. The second-order valence-corrected chi connectivity index (χ2v) is 5.49. The minimum Gasteiger partial charge on any atom is -0.453 e. The van der Waals surface area contributed by atoms with Crippen LogP contribution >= 0.6 is 0 Å². The molecule has 0 spiro atoms. The topological polar surface area (TPSA) is 103 Å². The molecule has 0 aromatic carbocycles. The summed E-state index contributed by atoms with van der Waals surface area (Å²) in [6.45, 7) is 2.53. The Balaban J connectivity index is 1.78. The van der Waals surface area contributed by atoms with E-state index in [4.69, 9.17) is 19.3 Å². The van der Waals surface area contributed by atoms with E-state index in [-0.39, 0.29) is 19.2 Å². The van der Waals surface area contributed by atoms with Gasteiger partial charge in [0.25, 0.3) is 5.56 Å². The van der Waals surface area contributed by atoms with Gasteiger partial charge in [-0.2, -0.15) is 4.98 Å². The lowest BCUT2D eigenvalue weighted by Crippen LogP contribution is -2.34. The largest absolute Gasteiger partial charge is 0.453 e. The summed E-state index contributed by atoms with van der Waals surface area (Å²) in [5.74, 6) is 0. The molecule has 122 valence electrons. The highest BCUT2D eigenvalue weighted by atomic mass is 16.6. The second-order valence-electron chi connectivity index (χ2n) is 5.49. The van der Waals surface area contributed by atoms with Crippen LogP contribution in [0.15, 0.2) is 11.0 Å². The number of nitrogens with zero attached hydrogens (tertiary/aromatic N) is 2. The molecule has 0 saturated carbocycles. The molecule has 0 amide bonds. The summed E-state index contributed by atoms with van der Waals surface area (Å²) in [5.41, 5.74) is 0.00515. The average molecular weight is 312 g/mol. The van der Waals surface area contributed by atoms with Gasteiger partial charge in [-0.25, -0.2) is 0 Å². The molecule has 1 saturated heterocycles. The number of hydrogen-bond donors (Lipinski definition) is 2. The lowest BCUT2D eigenvalue weighted by Gasteiger charge is -2.14. The van der Waals surface area contributed by atoms with Gasteiger partial charge in [0.15, 0.2) is 12.3 Å². The van der Waals surface area contributed by atoms with Crippen LogP contribution in [0.2, 0.25) is 0 Å². The molecule has 1 fully saturated rings. The van der Waals surface area contributed by atoms with Crippen molar-refractivity contribution < 1.29 is 24.4 Å². The van der Waals surface area contributed by atoms with Gasteiger partial charge in [-0.05, 0) is 6.42 Å². The summed E-state index contributed by atoms with van der Waals surface area (Å²) in [4.78, 5) is 15.8. The van der Waals surface area contributed by atoms with Gasteiger partial charge in [0.2, 0.25) is 0 Å². The number of aliphatic hydroxyl groups excluding tert-OH is 2. The van der Waals surface area contributed by atoms with Crippen molar-refractivity contribution in [3.05, 3.63) is 22.1 Å². The molecule has 8 nitrogen and oxygen atoms in total. The van der Waals surface area contributed by atoms with E-state index in [1.165, 1.54) is 0 Å². The third kappa shape index (κ3) is 2.63. The highest BCUT2D eigenvalue weighted by Crippen LogP contribution is 2.38. The zero-order valence-electron chi connectivity index (χ0n) is 12.3. The summed E-state index contributed by atoms with van der Waals surface area (Å²) in [6, 6.07) is 0.118. The van der Waals surface area contributed by atoms with Crippen LogP contribution in [0.5, 0.6) is 6.01 Å². The van der Waals surface area contributed by atoms with E-state index in [0.29, 0.717) is 12.2 Å². The maximum absolute atomic E-state index is 11.9. The molecule has 0 radical (unpaired) electrons. The predicted octanol–water partition coefficient (Wildman–Crippen LogP) is -0.428. The average Bonchev–Trinajstić information content (AvgIpc) is 3.00. The van der Waals surface area contributed by atoms with Crippen LogP contribution in [0, 0.1) is 0 Å². The lowest BCUT2D eigenvalue weighted by molar-refractivity contribution is -0.0436. The fraction of sp³-hybridized carbons (Fsp3) is 0.714. The highest BCUT2D eigenvalue weighted by Gasteiger charge is 2.51. The molecule has 2 N–H and O–H groups in total. The molecule has 0 unspecified atom stereocenters. The van der Waals surface area contributed by atoms with Gasteiger partial charge in [-0.15, -0.1) is 0 Å². The Morgan fingerprint density at radius 1 is 1.50 bits per heavy atom. The van der Waals surface area contributed by atoms with Crippen molar-refractivity contribution in [3.63, 3.8) is 0 Å². The van der Waals surface area contributed by atoms with Crippen molar-refractivity contribution in [3.8, 4) is 6.01 Å². The van der Waals surface area contributed by atoms with Crippen molar-refractivity contribution in [2.45, 2.75) is 50.9 Å². The van der Waals surface area contributed by atoms with Crippen molar-refractivity contribution in [1.82, 2.24) is 9.55 Å². The van der Waals surface area contributed by atoms with E-state index in [2.05, 4.69) is 11.9 Å². The predicted molar refractivity (Wildman–Crippen MR) is 74.5 cm³/mol. The molecule has 2 aliphatic rings. The van der Waals surface area contributed by atoms with Gasteiger partial charge in [-0.1, -0.05) is 13.3 Å². The maximum Gasteiger partial charge on any atom is 0.302 e. The number of rotatable bonds is 6. The van der Waals surface area contributed by atoms with Crippen molar-refractivity contribution in [2.24, 2.45) is 0 Å². The van der Waals surface area contributed by atoms with Crippen molar-refractivity contribution >= 4 is 0 Å². The quantitative estimate of drug-likeness (QED) is 0.687. The first-order chi connectivity index (χ1) is 10.7. The lowest BCUT2D eigenvalue weighted by atomic mass is 10.1. The van der Waals surface area contributed by atoms with Crippen LogP contribution in [-0.4, -0.2) is 51.3 Å². The van der Waals surface area contributed by atoms with E-state index in [1.807, 2.05) is 0 Å². The van der Waals surface area contributed by atoms with Crippen LogP contribution in [0.4, 0.5) is 0 Å². The minimum atomic E-state index is -0.962. The van der Waals surface area contributed by atoms with E-state index < -0.39 is 30.1 Å². The molecule has 3 rings (SSSR count). The zero-order chi connectivity index (χ0) is 15.7. The van der Waals surface area contributed by atoms with E-state index >= 15 is 0 Å². The Labute approximate surface area is 127 Å². The number of fused-ring (bicyclic) bond motifs is 3. The molecule has 2 aliphatic heterocycles. The third-order valence-corrected chi connectivity index (χ3v) is 3.90. The van der Waals surface area contributed by atoms with Gasteiger partial charge in [0, 0.05) is 12.8 Å². The van der Waals surface area contributed by atoms with Crippen LogP contribution in [-0.2, 0) is 16.1 Å². The maximum atomic E-state index is 11.9. The summed E-state index contributed by atoms with van der Waals surface area (Å²) in [5, 5.41) is 19.2. The van der Waals surface area contributed by atoms with Gasteiger partial charge in [0.1, 0.15) is 12.2 Å². The molecular weight excluding hydrogens is 292 g/mol. The first-order valence-corrected chi connectivity index (χ1v) is 7.46. The zero-order valence-corrected chi connectivity index (χ0v) is 12.3. The molecule has 22 heavy (non-hydrogen) atoms. The summed E-state index contributed by atoms with van der Waals surface area (Å²) in [6.07, 6.45) is 0.620. The molecule has 1 aromatic heterocycles. The molecular formula is C14H20N2O6. The monoisotopic (exact) mass is 312 g/mol. The fourth-order valence-electron chi connectivity index (χ4n) is 2.63. The third-order valence-electron chi connectivity index (χ3n) is 3.90.